The van der Waals surface area contributed by atoms with Crippen LogP contribution in [0.1, 0.15) is 10.4 Å². The third-order valence-corrected chi connectivity index (χ3v) is 5.14. The van der Waals surface area contributed by atoms with Crippen LogP contribution in [-0.2, 0) is 0 Å². The number of carbonyl (C=O) groups excluding carboxylic acids is 1. The van der Waals surface area contributed by atoms with Gasteiger partial charge in [-0.1, -0.05) is 35.3 Å². The van der Waals surface area contributed by atoms with E-state index in [-0.39, 0.29) is 11.0 Å². The minimum Gasteiger partial charge on any atom is -0.496 e. The molecule has 0 fully saturated rings. The first-order chi connectivity index (χ1) is 14.9. The normalized spacial score (nSPS) is 10.7. The number of fused-ring (bicyclic) bond motifs is 1. The Kier molecular flexibility index (Phi) is 6.08. The fourth-order valence-corrected chi connectivity index (χ4v) is 3.65. The van der Waals surface area contributed by atoms with E-state index in [4.69, 9.17) is 44.6 Å². The predicted molar refractivity (Wildman–Crippen MR) is 126 cm³/mol. The summed E-state index contributed by atoms with van der Waals surface area (Å²) in [6, 6.07) is 17.3. The molecular formula is C22H15Cl2N3O3S. The Bertz CT molecular complexity index is 1310. The van der Waals surface area contributed by atoms with Crippen LogP contribution >= 0.6 is 35.4 Å². The summed E-state index contributed by atoms with van der Waals surface area (Å²) in [6.45, 7) is 0. The quantitative estimate of drug-likeness (QED) is 0.358. The second kappa shape index (κ2) is 8.93. The average Bonchev–Trinajstić information content (AvgIpc) is 3.16. The number of methoxy groups -OCH3 is 1. The van der Waals surface area contributed by atoms with E-state index in [1.54, 1.807) is 60.7 Å². The van der Waals surface area contributed by atoms with E-state index in [0.717, 1.165) is 0 Å². The number of ether oxygens (including phenoxy) is 1. The summed E-state index contributed by atoms with van der Waals surface area (Å²) in [5.74, 6) is 0.457. The molecule has 156 valence electrons. The largest absolute Gasteiger partial charge is 0.496 e. The van der Waals surface area contributed by atoms with Crippen molar-refractivity contribution in [1.82, 2.24) is 10.3 Å². The van der Waals surface area contributed by atoms with Crippen molar-refractivity contribution in [3.05, 3.63) is 76.3 Å². The number of carbonyl (C=O) groups is 1. The molecule has 1 amide bonds. The highest BCUT2D eigenvalue weighted by Gasteiger charge is 2.15. The van der Waals surface area contributed by atoms with Crippen molar-refractivity contribution in [2.45, 2.75) is 0 Å². The lowest BCUT2D eigenvalue weighted by Crippen LogP contribution is -2.34. The Hall–Kier alpha value is -3.13. The van der Waals surface area contributed by atoms with Crippen LogP contribution in [0.2, 0.25) is 10.0 Å². The van der Waals surface area contributed by atoms with Gasteiger partial charge in [-0.15, -0.1) is 0 Å². The second-order valence-electron chi connectivity index (χ2n) is 6.43. The fraction of sp³-hybridized carbons (Fsp3) is 0.0455. The van der Waals surface area contributed by atoms with Gasteiger partial charge >= 0.3 is 0 Å². The first-order valence-corrected chi connectivity index (χ1v) is 10.2. The molecule has 0 aliphatic carbocycles. The number of oxazole rings is 1. The zero-order valence-corrected chi connectivity index (χ0v) is 18.4. The molecule has 3 aromatic carbocycles. The van der Waals surface area contributed by atoms with Crippen LogP contribution in [0.25, 0.3) is 22.6 Å². The number of halogens is 2. The minimum absolute atomic E-state index is 0.139. The van der Waals surface area contributed by atoms with Crippen molar-refractivity contribution in [2.75, 3.05) is 12.4 Å². The summed E-state index contributed by atoms with van der Waals surface area (Å²) in [6.07, 6.45) is 0. The highest BCUT2D eigenvalue weighted by molar-refractivity contribution is 7.80. The molecule has 0 radical (unpaired) electrons. The van der Waals surface area contributed by atoms with Gasteiger partial charge in [0.25, 0.3) is 5.91 Å². The lowest BCUT2D eigenvalue weighted by atomic mass is 10.2. The van der Waals surface area contributed by atoms with Gasteiger partial charge in [0.1, 0.15) is 11.3 Å². The molecule has 2 N–H and O–H groups in total. The summed E-state index contributed by atoms with van der Waals surface area (Å²) >= 11 is 17.5. The SMILES string of the molecule is COc1ccccc1C(=O)NC(=S)Nc1ccc2oc(-c3ccc(Cl)cc3Cl)nc2c1. The second-order valence-corrected chi connectivity index (χ2v) is 7.69. The van der Waals surface area contributed by atoms with Gasteiger partial charge in [-0.25, -0.2) is 4.98 Å². The van der Waals surface area contributed by atoms with Crippen molar-refractivity contribution >= 4 is 63.2 Å². The first kappa shape index (κ1) is 21.1. The zero-order valence-electron chi connectivity index (χ0n) is 16.1. The first-order valence-electron chi connectivity index (χ1n) is 9.06. The van der Waals surface area contributed by atoms with Crippen LogP contribution < -0.4 is 15.4 Å². The molecule has 0 bridgehead atoms. The third-order valence-electron chi connectivity index (χ3n) is 4.39. The van der Waals surface area contributed by atoms with Crippen LogP contribution in [-0.4, -0.2) is 23.1 Å². The van der Waals surface area contributed by atoms with E-state index in [2.05, 4.69) is 15.6 Å². The summed E-state index contributed by atoms with van der Waals surface area (Å²) < 4.78 is 11.0. The number of amides is 1. The third kappa shape index (κ3) is 4.64. The maximum atomic E-state index is 12.5. The van der Waals surface area contributed by atoms with Gasteiger partial charge < -0.3 is 14.5 Å². The summed E-state index contributed by atoms with van der Waals surface area (Å²) in [5, 5.41) is 6.72. The molecule has 0 unspecified atom stereocenters. The number of benzene rings is 3. The zero-order chi connectivity index (χ0) is 22.0. The number of nitrogens with one attached hydrogen (secondary N) is 2. The molecule has 4 aromatic rings. The van der Waals surface area contributed by atoms with Crippen LogP contribution in [0.5, 0.6) is 5.75 Å². The molecule has 1 heterocycles. The summed E-state index contributed by atoms with van der Waals surface area (Å²) in [7, 11) is 1.50. The van der Waals surface area contributed by atoms with Crippen molar-refractivity contribution in [3.63, 3.8) is 0 Å². The summed E-state index contributed by atoms with van der Waals surface area (Å²) in [4.78, 5) is 17.0. The van der Waals surface area contributed by atoms with E-state index in [1.807, 2.05) is 0 Å². The number of nitrogens with zero attached hydrogens (tertiary/aromatic N) is 1. The Morgan fingerprint density at radius 2 is 1.90 bits per heavy atom. The number of aromatic nitrogens is 1. The Morgan fingerprint density at radius 3 is 2.68 bits per heavy atom. The lowest BCUT2D eigenvalue weighted by molar-refractivity contribution is 0.0975. The highest BCUT2D eigenvalue weighted by atomic mass is 35.5. The van der Waals surface area contributed by atoms with Gasteiger partial charge in [-0.3, -0.25) is 10.1 Å². The van der Waals surface area contributed by atoms with Gasteiger partial charge in [0.15, 0.2) is 10.7 Å². The highest BCUT2D eigenvalue weighted by Crippen LogP contribution is 2.32. The van der Waals surface area contributed by atoms with Crippen LogP contribution in [0.3, 0.4) is 0 Å². The predicted octanol–water partition coefficient (Wildman–Crippen LogP) is 5.94. The Morgan fingerprint density at radius 1 is 1.10 bits per heavy atom. The topological polar surface area (TPSA) is 76.4 Å². The monoisotopic (exact) mass is 471 g/mol. The van der Waals surface area contributed by atoms with E-state index < -0.39 is 0 Å². The molecular weight excluding hydrogens is 457 g/mol. The molecule has 1 aromatic heterocycles. The molecule has 6 nitrogen and oxygen atoms in total. The van der Waals surface area contributed by atoms with E-state index in [0.29, 0.717) is 49.6 Å². The standard InChI is InChI=1S/C22H15Cl2N3O3S/c1-29-18-5-3-2-4-15(18)20(28)27-22(31)25-13-7-9-19-17(11-13)26-21(30-19)14-8-6-12(23)10-16(14)24/h2-11H,1H3,(H2,25,27,28,31). The molecule has 0 spiro atoms. The number of thiocarbonyl (C=S) groups is 1. The van der Waals surface area contributed by atoms with Gasteiger partial charge in [0, 0.05) is 10.7 Å². The van der Waals surface area contributed by atoms with Crippen LogP contribution in [0.4, 0.5) is 5.69 Å². The lowest BCUT2D eigenvalue weighted by Gasteiger charge is -2.11. The Balaban J connectivity index is 1.51. The maximum absolute atomic E-state index is 12.5. The fourth-order valence-electron chi connectivity index (χ4n) is 2.95. The number of para-hydroxylation sites is 1. The number of hydrogen-bond donors (Lipinski definition) is 2. The van der Waals surface area contributed by atoms with Crippen molar-refractivity contribution in [2.24, 2.45) is 0 Å². The van der Waals surface area contributed by atoms with Gasteiger partial charge in [0.2, 0.25) is 5.89 Å². The molecule has 0 aliphatic heterocycles. The number of hydrogen-bond acceptors (Lipinski definition) is 5. The molecule has 9 heteroatoms. The smallest absolute Gasteiger partial charge is 0.261 e. The van der Waals surface area contributed by atoms with Gasteiger partial charge in [-0.05, 0) is 60.7 Å². The molecule has 0 saturated carbocycles. The molecule has 0 saturated heterocycles. The van der Waals surface area contributed by atoms with Crippen molar-refractivity contribution in [3.8, 4) is 17.2 Å². The molecule has 0 atom stereocenters. The molecule has 31 heavy (non-hydrogen) atoms. The minimum atomic E-state index is -0.378. The van der Waals surface area contributed by atoms with Crippen LogP contribution in [0, 0.1) is 0 Å². The molecule has 4 rings (SSSR count). The van der Waals surface area contributed by atoms with E-state index >= 15 is 0 Å². The summed E-state index contributed by atoms with van der Waals surface area (Å²) in [5.41, 5.74) is 2.84. The average molecular weight is 472 g/mol. The van der Waals surface area contributed by atoms with Crippen molar-refractivity contribution in [1.29, 1.82) is 0 Å². The van der Waals surface area contributed by atoms with Gasteiger partial charge in [-0.2, -0.15) is 0 Å². The maximum Gasteiger partial charge on any atom is 0.261 e. The van der Waals surface area contributed by atoms with Gasteiger partial charge in [0.05, 0.1) is 23.3 Å². The van der Waals surface area contributed by atoms with E-state index in [1.165, 1.54) is 7.11 Å². The number of rotatable bonds is 4. The van der Waals surface area contributed by atoms with Crippen molar-refractivity contribution < 1.29 is 13.9 Å². The van der Waals surface area contributed by atoms with E-state index in [9.17, 15) is 4.79 Å². The Labute approximate surface area is 193 Å². The molecule has 0 aliphatic rings. The van der Waals surface area contributed by atoms with Crippen LogP contribution in [0.15, 0.2) is 65.1 Å². The number of anilines is 1.